The molecule has 28 heavy (non-hydrogen) atoms. The number of phenolic OH excluding ortho intramolecular Hbond substituents is 1. The molecule has 2 aromatic rings. The molecule has 0 aromatic heterocycles. The van der Waals surface area contributed by atoms with Crippen molar-refractivity contribution < 1.29 is 24.5 Å². The SMILES string of the molecule is COc1ccc(CCCNCC(O)c2ccc(O)c3c2OCC(=O)N3)cc1.Cl. The van der Waals surface area contributed by atoms with Crippen LogP contribution in [0.1, 0.15) is 23.7 Å². The zero-order chi connectivity index (χ0) is 19.2. The summed E-state index contributed by atoms with van der Waals surface area (Å²) < 4.78 is 10.5. The van der Waals surface area contributed by atoms with Gasteiger partial charge in [0.2, 0.25) is 0 Å². The van der Waals surface area contributed by atoms with Gasteiger partial charge in [-0.3, -0.25) is 4.79 Å². The first kappa shape index (κ1) is 21.8. The van der Waals surface area contributed by atoms with Gasteiger partial charge in [0, 0.05) is 12.1 Å². The smallest absolute Gasteiger partial charge is 0.262 e. The quantitative estimate of drug-likeness (QED) is 0.395. The maximum absolute atomic E-state index is 11.4. The van der Waals surface area contributed by atoms with Crippen molar-refractivity contribution in [3.05, 3.63) is 47.5 Å². The molecule has 1 aliphatic heterocycles. The molecule has 7 nitrogen and oxygen atoms in total. The summed E-state index contributed by atoms with van der Waals surface area (Å²) >= 11 is 0. The lowest BCUT2D eigenvalue weighted by molar-refractivity contribution is -0.118. The van der Waals surface area contributed by atoms with Gasteiger partial charge in [0.15, 0.2) is 12.4 Å². The van der Waals surface area contributed by atoms with E-state index in [2.05, 4.69) is 10.6 Å². The molecule has 3 rings (SSSR count). The molecule has 1 aliphatic rings. The summed E-state index contributed by atoms with van der Waals surface area (Å²) in [5, 5.41) is 26.1. The standard InChI is InChI=1S/C20H24N2O5.ClH/c1-26-14-6-4-13(5-7-14)3-2-10-21-11-17(24)15-8-9-16(23)19-20(15)27-12-18(25)22-19;/h4-9,17,21,23-24H,2-3,10-12H2,1H3,(H,22,25);1H. The van der Waals surface area contributed by atoms with Crippen LogP contribution in [0, 0.1) is 0 Å². The van der Waals surface area contributed by atoms with E-state index in [0.717, 1.165) is 25.1 Å². The van der Waals surface area contributed by atoms with E-state index in [0.29, 0.717) is 17.9 Å². The lowest BCUT2D eigenvalue weighted by Gasteiger charge is -2.23. The first-order valence-corrected chi connectivity index (χ1v) is 8.88. The van der Waals surface area contributed by atoms with Gasteiger partial charge < -0.3 is 30.3 Å². The minimum Gasteiger partial charge on any atom is -0.506 e. The Morgan fingerprint density at radius 1 is 1.25 bits per heavy atom. The van der Waals surface area contributed by atoms with E-state index in [1.807, 2.05) is 24.3 Å². The van der Waals surface area contributed by atoms with Crippen LogP contribution >= 0.6 is 12.4 Å². The number of halogens is 1. The van der Waals surface area contributed by atoms with Crippen LogP contribution in [-0.4, -0.2) is 42.9 Å². The Kier molecular flexibility index (Phi) is 7.92. The number of hydrogen-bond donors (Lipinski definition) is 4. The highest BCUT2D eigenvalue weighted by atomic mass is 35.5. The van der Waals surface area contributed by atoms with Crippen molar-refractivity contribution in [2.75, 3.05) is 32.1 Å². The molecule has 1 unspecified atom stereocenters. The maximum Gasteiger partial charge on any atom is 0.262 e. The fourth-order valence-electron chi connectivity index (χ4n) is 3.00. The second-order valence-electron chi connectivity index (χ2n) is 6.39. The number of aliphatic hydroxyl groups excluding tert-OH is 1. The highest BCUT2D eigenvalue weighted by Crippen LogP contribution is 2.41. The lowest BCUT2D eigenvalue weighted by atomic mass is 10.0. The van der Waals surface area contributed by atoms with Gasteiger partial charge in [-0.05, 0) is 49.2 Å². The van der Waals surface area contributed by atoms with Crippen molar-refractivity contribution in [3.63, 3.8) is 0 Å². The third-order valence-corrected chi connectivity index (χ3v) is 4.45. The van der Waals surface area contributed by atoms with E-state index in [9.17, 15) is 15.0 Å². The summed E-state index contributed by atoms with van der Waals surface area (Å²) in [5.74, 6) is 0.750. The van der Waals surface area contributed by atoms with Crippen molar-refractivity contribution >= 4 is 24.0 Å². The molecule has 152 valence electrons. The molecule has 2 aromatic carbocycles. The molecule has 0 saturated carbocycles. The van der Waals surface area contributed by atoms with Gasteiger partial charge in [-0.15, -0.1) is 12.4 Å². The number of aryl methyl sites for hydroxylation is 1. The number of carbonyl (C=O) groups excluding carboxylic acids is 1. The fraction of sp³-hybridized carbons (Fsp3) is 0.350. The number of nitrogens with one attached hydrogen (secondary N) is 2. The van der Waals surface area contributed by atoms with Gasteiger partial charge in [-0.25, -0.2) is 0 Å². The predicted molar refractivity (Wildman–Crippen MR) is 109 cm³/mol. The number of ether oxygens (including phenoxy) is 2. The van der Waals surface area contributed by atoms with Gasteiger partial charge in [-0.1, -0.05) is 12.1 Å². The van der Waals surface area contributed by atoms with Gasteiger partial charge >= 0.3 is 0 Å². The summed E-state index contributed by atoms with van der Waals surface area (Å²) in [6.07, 6.45) is 1.05. The first-order chi connectivity index (χ1) is 13.1. The third-order valence-electron chi connectivity index (χ3n) is 4.45. The van der Waals surface area contributed by atoms with E-state index >= 15 is 0 Å². The number of anilines is 1. The number of methoxy groups -OCH3 is 1. The highest BCUT2D eigenvalue weighted by molar-refractivity contribution is 5.97. The van der Waals surface area contributed by atoms with E-state index in [1.165, 1.54) is 11.6 Å². The number of hydrogen-bond acceptors (Lipinski definition) is 6. The zero-order valence-electron chi connectivity index (χ0n) is 15.6. The fourth-order valence-corrected chi connectivity index (χ4v) is 3.00. The largest absolute Gasteiger partial charge is 0.506 e. The molecule has 0 fully saturated rings. The second kappa shape index (κ2) is 10.2. The van der Waals surface area contributed by atoms with Gasteiger partial charge in [-0.2, -0.15) is 0 Å². The van der Waals surface area contributed by atoms with E-state index in [4.69, 9.17) is 9.47 Å². The van der Waals surface area contributed by atoms with Crippen LogP contribution in [0.15, 0.2) is 36.4 Å². The molecule has 0 radical (unpaired) electrons. The number of amides is 1. The van der Waals surface area contributed by atoms with Crippen molar-refractivity contribution in [1.29, 1.82) is 0 Å². The van der Waals surface area contributed by atoms with Gasteiger partial charge in [0.05, 0.1) is 13.2 Å². The maximum atomic E-state index is 11.4. The van der Waals surface area contributed by atoms with Crippen molar-refractivity contribution in [2.45, 2.75) is 18.9 Å². The van der Waals surface area contributed by atoms with Crippen molar-refractivity contribution in [1.82, 2.24) is 5.32 Å². The summed E-state index contributed by atoms with van der Waals surface area (Å²) in [6.45, 7) is 0.962. The molecule has 8 heteroatoms. The number of benzene rings is 2. The van der Waals surface area contributed by atoms with Crippen LogP contribution in [0.5, 0.6) is 17.2 Å². The number of phenols is 1. The molecule has 1 atom stereocenters. The molecular formula is C20H25ClN2O5. The van der Waals surface area contributed by atoms with E-state index < -0.39 is 6.10 Å². The van der Waals surface area contributed by atoms with Gasteiger partial charge in [0.25, 0.3) is 5.91 Å². The Balaban J connectivity index is 0.00000280. The summed E-state index contributed by atoms with van der Waals surface area (Å²) in [6, 6.07) is 11.0. The zero-order valence-corrected chi connectivity index (χ0v) is 16.4. The summed E-state index contributed by atoms with van der Waals surface area (Å²) in [4.78, 5) is 11.4. The van der Waals surface area contributed by atoms with Crippen molar-refractivity contribution in [2.24, 2.45) is 0 Å². The molecule has 1 amide bonds. The molecule has 1 heterocycles. The molecule has 0 bridgehead atoms. The average molecular weight is 409 g/mol. The van der Waals surface area contributed by atoms with Crippen LogP contribution in [0.2, 0.25) is 0 Å². The molecule has 0 saturated heterocycles. The van der Waals surface area contributed by atoms with Crippen LogP contribution < -0.4 is 20.1 Å². The number of carbonyl (C=O) groups is 1. The van der Waals surface area contributed by atoms with E-state index in [-0.39, 0.29) is 36.4 Å². The summed E-state index contributed by atoms with van der Waals surface area (Å²) in [5.41, 5.74) is 1.97. The van der Waals surface area contributed by atoms with Crippen LogP contribution in [-0.2, 0) is 11.2 Å². The lowest BCUT2D eigenvalue weighted by Crippen LogP contribution is -2.28. The Labute approximate surface area is 170 Å². The Morgan fingerprint density at radius 2 is 2.00 bits per heavy atom. The highest BCUT2D eigenvalue weighted by Gasteiger charge is 2.25. The summed E-state index contributed by atoms with van der Waals surface area (Å²) in [7, 11) is 1.65. The molecular weight excluding hydrogens is 384 g/mol. The second-order valence-corrected chi connectivity index (χ2v) is 6.39. The van der Waals surface area contributed by atoms with Crippen LogP contribution in [0.25, 0.3) is 0 Å². The normalized spacial score (nSPS) is 13.6. The number of aliphatic hydroxyl groups is 1. The molecule has 4 N–H and O–H groups in total. The first-order valence-electron chi connectivity index (χ1n) is 8.88. The Morgan fingerprint density at radius 3 is 2.71 bits per heavy atom. The van der Waals surface area contributed by atoms with E-state index in [1.54, 1.807) is 13.2 Å². The predicted octanol–water partition coefficient (Wildman–Crippen LogP) is 2.41. The molecule has 0 aliphatic carbocycles. The third kappa shape index (κ3) is 5.28. The van der Waals surface area contributed by atoms with Crippen LogP contribution in [0.4, 0.5) is 5.69 Å². The van der Waals surface area contributed by atoms with Gasteiger partial charge in [0.1, 0.15) is 17.2 Å². The van der Waals surface area contributed by atoms with Crippen LogP contribution in [0.3, 0.4) is 0 Å². The minimum atomic E-state index is -0.810. The number of fused-ring (bicyclic) bond motifs is 1. The average Bonchev–Trinajstić information content (AvgIpc) is 2.68. The topological polar surface area (TPSA) is 100 Å². The monoisotopic (exact) mass is 408 g/mol. The minimum absolute atomic E-state index is 0. The number of aromatic hydroxyl groups is 1. The number of rotatable bonds is 8. The Hall–Kier alpha value is -2.48. The molecule has 0 spiro atoms. The van der Waals surface area contributed by atoms with Crippen molar-refractivity contribution in [3.8, 4) is 17.2 Å². The Bertz CT molecular complexity index is 798.